The maximum Gasteiger partial charge on any atom is 0.241 e. The van der Waals surface area contributed by atoms with Gasteiger partial charge in [-0.15, -0.1) is 0 Å². The van der Waals surface area contributed by atoms with Crippen LogP contribution in [-0.2, 0) is 26.0 Å². The second-order valence-electron chi connectivity index (χ2n) is 7.04. The van der Waals surface area contributed by atoms with E-state index in [1.54, 1.807) is 12.1 Å². The Balaban J connectivity index is 1.58. The Hall–Kier alpha value is -2.26. The number of anilines is 1. The zero-order chi connectivity index (χ0) is 19.6. The van der Waals surface area contributed by atoms with Crippen molar-refractivity contribution in [2.45, 2.75) is 17.4 Å². The Kier molecular flexibility index (Phi) is 5.45. The number of hydrogen-bond donors (Lipinski definition) is 2. The highest BCUT2D eigenvalue weighted by atomic mass is 32.2. The molecular weight excluding hydrogens is 378 g/mol. The third-order valence-electron chi connectivity index (χ3n) is 5.06. The third-order valence-corrected chi connectivity index (χ3v) is 6.53. The quantitative estimate of drug-likeness (QED) is 0.767. The van der Waals surface area contributed by atoms with Gasteiger partial charge in [-0.1, -0.05) is 30.3 Å². The molecule has 1 fully saturated rings. The fraction of sp³-hybridized carbons (Fsp3) is 0.350. The van der Waals surface area contributed by atoms with E-state index in [1.807, 2.05) is 30.3 Å². The number of nitrogens with one attached hydrogen (secondary N) is 2. The lowest BCUT2D eigenvalue weighted by atomic mass is 10.1. The summed E-state index contributed by atoms with van der Waals surface area (Å²) >= 11 is 0. The predicted molar refractivity (Wildman–Crippen MR) is 106 cm³/mol. The summed E-state index contributed by atoms with van der Waals surface area (Å²) in [7, 11) is -3.74. The summed E-state index contributed by atoms with van der Waals surface area (Å²) in [5.74, 6) is -0.119. The number of sulfonamides is 1. The molecule has 1 amide bonds. The highest BCUT2D eigenvalue weighted by Crippen LogP contribution is 2.27. The first kappa shape index (κ1) is 19.1. The number of morpholine rings is 1. The fourth-order valence-corrected chi connectivity index (χ4v) is 4.83. The molecule has 0 unspecified atom stereocenters. The minimum Gasteiger partial charge on any atom is -0.379 e. The van der Waals surface area contributed by atoms with Gasteiger partial charge in [0, 0.05) is 25.3 Å². The van der Waals surface area contributed by atoms with Crippen LogP contribution >= 0.6 is 0 Å². The van der Waals surface area contributed by atoms with Gasteiger partial charge in [0.05, 0.1) is 30.6 Å². The van der Waals surface area contributed by atoms with Crippen molar-refractivity contribution in [1.29, 1.82) is 0 Å². The van der Waals surface area contributed by atoms with Crippen LogP contribution in [0.25, 0.3) is 0 Å². The highest BCUT2D eigenvalue weighted by molar-refractivity contribution is 7.89. The maximum atomic E-state index is 13.1. The van der Waals surface area contributed by atoms with Crippen molar-refractivity contribution in [2.75, 3.05) is 38.2 Å². The van der Waals surface area contributed by atoms with Crippen LogP contribution in [0.15, 0.2) is 53.4 Å². The van der Waals surface area contributed by atoms with E-state index in [9.17, 15) is 13.2 Å². The minimum absolute atomic E-state index is 0.119. The van der Waals surface area contributed by atoms with Crippen molar-refractivity contribution in [3.63, 3.8) is 0 Å². The van der Waals surface area contributed by atoms with Crippen LogP contribution in [0.5, 0.6) is 0 Å². The van der Waals surface area contributed by atoms with E-state index in [4.69, 9.17) is 4.74 Å². The van der Waals surface area contributed by atoms with E-state index in [-0.39, 0.29) is 23.3 Å². The Bertz CT molecular complexity index is 957. The van der Waals surface area contributed by atoms with Gasteiger partial charge in [-0.05, 0) is 29.3 Å². The Labute approximate surface area is 164 Å². The molecule has 2 heterocycles. The number of nitrogens with zero attached hydrogens (tertiary/aromatic N) is 1. The number of hydrogen-bond acceptors (Lipinski definition) is 5. The second-order valence-corrected chi connectivity index (χ2v) is 8.76. The summed E-state index contributed by atoms with van der Waals surface area (Å²) in [5, 5.41) is 2.72. The van der Waals surface area contributed by atoms with Gasteiger partial charge in [-0.25, -0.2) is 13.1 Å². The van der Waals surface area contributed by atoms with Gasteiger partial charge in [0.1, 0.15) is 0 Å². The Morgan fingerprint density at radius 3 is 2.61 bits per heavy atom. The van der Waals surface area contributed by atoms with Crippen LogP contribution in [0, 0.1) is 0 Å². The minimum atomic E-state index is -3.74. The summed E-state index contributed by atoms with van der Waals surface area (Å²) < 4.78 is 34.4. The smallest absolute Gasteiger partial charge is 0.241 e. The molecule has 2 N–H and O–H groups in total. The van der Waals surface area contributed by atoms with Crippen molar-refractivity contribution in [1.82, 2.24) is 9.62 Å². The van der Waals surface area contributed by atoms with Gasteiger partial charge in [0.25, 0.3) is 0 Å². The van der Waals surface area contributed by atoms with Crippen LogP contribution in [-0.4, -0.2) is 52.1 Å². The van der Waals surface area contributed by atoms with Crippen LogP contribution in [0.2, 0.25) is 0 Å². The molecule has 0 spiro atoms. The average Bonchev–Trinajstić information content (AvgIpc) is 3.08. The van der Waals surface area contributed by atoms with E-state index >= 15 is 0 Å². The Morgan fingerprint density at radius 1 is 1.11 bits per heavy atom. The monoisotopic (exact) mass is 401 g/mol. The lowest BCUT2D eigenvalue weighted by Crippen LogP contribution is -2.43. The molecule has 8 heteroatoms. The number of carbonyl (C=O) groups is 1. The summed E-state index contributed by atoms with van der Waals surface area (Å²) in [6.45, 7) is 3.42. The normalized spacial score (nSPS) is 18.5. The molecular formula is C20H23N3O4S. The molecule has 28 heavy (non-hydrogen) atoms. The second kappa shape index (κ2) is 8.00. The first-order valence-corrected chi connectivity index (χ1v) is 10.8. The van der Waals surface area contributed by atoms with Gasteiger partial charge in [0.15, 0.2) is 0 Å². The van der Waals surface area contributed by atoms with E-state index in [0.717, 1.165) is 18.7 Å². The number of rotatable bonds is 6. The summed E-state index contributed by atoms with van der Waals surface area (Å²) in [4.78, 5) is 13.9. The number of amides is 1. The summed E-state index contributed by atoms with van der Waals surface area (Å²) in [6.07, 6.45) is 0.203. The van der Waals surface area contributed by atoms with Crippen LogP contribution < -0.4 is 10.0 Å². The first-order chi connectivity index (χ1) is 13.5. The molecule has 4 rings (SSSR count). The van der Waals surface area contributed by atoms with Crippen molar-refractivity contribution in [2.24, 2.45) is 0 Å². The largest absolute Gasteiger partial charge is 0.379 e. The van der Waals surface area contributed by atoms with Crippen molar-refractivity contribution in [3.05, 3.63) is 59.7 Å². The standard InChI is InChI=1S/C20H23N3O4S/c24-20-13-16-12-17(6-7-18(16)21-20)28(25,26)22-19(15-4-2-1-3-5-15)14-23-8-10-27-11-9-23/h1-7,12,19,22H,8-11,13-14H2,(H,21,24)/t19-/m0/s1. The van der Waals surface area contributed by atoms with Gasteiger partial charge in [-0.3, -0.25) is 9.69 Å². The first-order valence-electron chi connectivity index (χ1n) is 9.31. The van der Waals surface area contributed by atoms with Gasteiger partial charge in [0.2, 0.25) is 15.9 Å². The molecule has 0 radical (unpaired) electrons. The van der Waals surface area contributed by atoms with E-state index < -0.39 is 10.0 Å². The third kappa shape index (κ3) is 4.25. The summed E-state index contributed by atoms with van der Waals surface area (Å²) in [6, 6.07) is 14.0. The molecule has 0 aliphatic carbocycles. The van der Waals surface area contributed by atoms with Gasteiger partial charge >= 0.3 is 0 Å². The predicted octanol–water partition coefficient (Wildman–Crippen LogP) is 1.53. The Morgan fingerprint density at radius 2 is 1.86 bits per heavy atom. The molecule has 1 atom stereocenters. The van der Waals surface area contributed by atoms with Crippen molar-refractivity contribution >= 4 is 21.6 Å². The highest BCUT2D eigenvalue weighted by Gasteiger charge is 2.26. The number of fused-ring (bicyclic) bond motifs is 1. The fourth-order valence-electron chi connectivity index (χ4n) is 3.57. The number of benzene rings is 2. The molecule has 2 aromatic carbocycles. The molecule has 0 aromatic heterocycles. The summed E-state index contributed by atoms with van der Waals surface area (Å²) in [5.41, 5.74) is 2.30. The van der Waals surface area contributed by atoms with Crippen molar-refractivity contribution < 1.29 is 17.9 Å². The van der Waals surface area contributed by atoms with Gasteiger partial charge < -0.3 is 10.1 Å². The van der Waals surface area contributed by atoms with E-state index in [0.29, 0.717) is 31.0 Å². The molecule has 2 aliphatic heterocycles. The molecule has 148 valence electrons. The van der Waals surface area contributed by atoms with Crippen LogP contribution in [0.3, 0.4) is 0 Å². The lowest BCUT2D eigenvalue weighted by Gasteiger charge is -2.31. The van der Waals surface area contributed by atoms with Gasteiger partial charge in [-0.2, -0.15) is 0 Å². The van der Waals surface area contributed by atoms with Crippen LogP contribution in [0.4, 0.5) is 5.69 Å². The van der Waals surface area contributed by atoms with Crippen molar-refractivity contribution in [3.8, 4) is 0 Å². The molecule has 0 saturated carbocycles. The SMILES string of the molecule is O=C1Cc2cc(S(=O)(=O)N[C@@H](CN3CCOCC3)c3ccccc3)ccc2N1. The molecule has 1 saturated heterocycles. The van der Waals surface area contributed by atoms with Crippen LogP contribution in [0.1, 0.15) is 17.2 Å². The average molecular weight is 401 g/mol. The number of ether oxygens (including phenoxy) is 1. The lowest BCUT2D eigenvalue weighted by molar-refractivity contribution is -0.115. The number of carbonyl (C=O) groups excluding carboxylic acids is 1. The van der Waals surface area contributed by atoms with E-state index in [2.05, 4.69) is 14.9 Å². The van der Waals surface area contributed by atoms with E-state index in [1.165, 1.54) is 6.07 Å². The zero-order valence-electron chi connectivity index (χ0n) is 15.4. The topological polar surface area (TPSA) is 87.7 Å². The molecule has 2 aliphatic rings. The molecule has 7 nitrogen and oxygen atoms in total. The zero-order valence-corrected chi connectivity index (χ0v) is 16.2. The maximum absolute atomic E-state index is 13.1. The molecule has 2 aromatic rings. The molecule has 0 bridgehead atoms.